The molecule has 5 heteroatoms. The van der Waals surface area contributed by atoms with Crippen LogP contribution in [0.4, 0.5) is 5.82 Å². The third kappa shape index (κ3) is 2.05. The fourth-order valence-electron chi connectivity index (χ4n) is 2.70. The van der Waals surface area contributed by atoms with Crippen LogP contribution >= 0.6 is 0 Å². The van der Waals surface area contributed by atoms with Crippen molar-refractivity contribution in [2.24, 2.45) is 0 Å². The minimum absolute atomic E-state index is 0.192. The molecule has 0 radical (unpaired) electrons. The smallest absolute Gasteiger partial charge is 0.153 e. The highest BCUT2D eigenvalue weighted by Crippen LogP contribution is 2.38. The highest BCUT2D eigenvalue weighted by Gasteiger charge is 2.41. The van der Waals surface area contributed by atoms with Gasteiger partial charge in [-0.05, 0) is 32.8 Å². The van der Waals surface area contributed by atoms with Crippen molar-refractivity contribution in [1.29, 1.82) is 0 Å². The van der Waals surface area contributed by atoms with Crippen LogP contribution in [0, 0.1) is 6.92 Å². The summed E-state index contributed by atoms with van der Waals surface area (Å²) < 4.78 is 0. The second-order valence-corrected chi connectivity index (χ2v) is 5.11. The van der Waals surface area contributed by atoms with Crippen LogP contribution in [0.25, 0.3) is 0 Å². The molecule has 0 aliphatic carbocycles. The van der Waals surface area contributed by atoms with Gasteiger partial charge in [0, 0.05) is 30.8 Å². The Morgan fingerprint density at radius 2 is 2.11 bits per heavy atom. The molecule has 1 fully saturated rings. The second-order valence-electron chi connectivity index (χ2n) is 5.11. The molecule has 5 nitrogen and oxygen atoms in total. The lowest BCUT2D eigenvalue weighted by Crippen LogP contribution is -2.40. The third-order valence-electron chi connectivity index (χ3n) is 3.74. The lowest BCUT2D eigenvalue weighted by Gasteiger charge is -2.34. The predicted octanol–water partition coefficient (Wildman–Crippen LogP) is 2.09. The molecule has 0 N–H and O–H groups in total. The highest BCUT2D eigenvalue weighted by molar-refractivity contribution is 5.43. The summed E-state index contributed by atoms with van der Waals surface area (Å²) in [6.07, 6.45) is 9.21. The lowest BCUT2D eigenvalue weighted by atomic mass is 9.97. The number of nitrogens with zero attached hydrogens (tertiary/aromatic N) is 5. The molecule has 0 saturated carbocycles. The van der Waals surface area contributed by atoms with E-state index in [2.05, 4.69) is 31.8 Å². The van der Waals surface area contributed by atoms with Gasteiger partial charge in [0.25, 0.3) is 0 Å². The Labute approximate surface area is 112 Å². The minimum Gasteiger partial charge on any atom is -0.343 e. The number of rotatable bonds is 2. The van der Waals surface area contributed by atoms with E-state index in [1.165, 1.54) is 0 Å². The molecule has 0 aromatic carbocycles. The van der Waals surface area contributed by atoms with Crippen LogP contribution in [0.5, 0.6) is 0 Å². The Balaban J connectivity index is 2.02. The zero-order valence-electron chi connectivity index (χ0n) is 11.2. The summed E-state index contributed by atoms with van der Waals surface area (Å²) in [5.74, 6) is 1.77. The quantitative estimate of drug-likeness (QED) is 0.822. The van der Waals surface area contributed by atoms with E-state index >= 15 is 0 Å². The van der Waals surface area contributed by atoms with E-state index in [-0.39, 0.29) is 5.54 Å². The normalized spacial score (nSPS) is 22.7. The van der Waals surface area contributed by atoms with E-state index in [4.69, 9.17) is 0 Å². The molecule has 1 aliphatic heterocycles. The number of aromatic nitrogens is 4. The van der Waals surface area contributed by atoms with E-state index in [0.717, 1.165) is 36.7 Å². The van der Waals surface area contributed by atoms with Crippen LogP contribution in [0.15, 0.2) is 30.9 Å². The van der Waals surface area contributed by atoms with Gasteiger partial charge in [0.2, 0.25) is 0 Å². The molecule has 0 unspecified atom stereocenters. The maximum Gasteiger partial charge on any atom is 0.153 e. The summed E-state index contributed by atoms with van der Waals surface area (Å²) in [6, 6.07) is 1.93. The van der Waals surface area contributed by atoms with Crippen molar-refractivity contribution in [3.63, 3.8) is 0 Å². The Bertz CT molecular complexity index is 571. The summed E-state index contributed by atoms with van der Waals surface area (Å²) >= 11 is 0. The Morgan fingerprint density at radius 1 is 1.21 bits per heavy atom. The monoisotopic (exact) mass is 255 g/mol. The van der Waals surface area contributed by atoms with Crippen molar-refractivity contribution in [3.05, 3.63) is 42.4 Å². The summed E-state index contributed by atoms with van der Waals surface area (Å²) in [5, 5.41) is 0. The van der Waals surface area contributed by atoms with Crippen LogP contribution < -0.4 is 4.90 Å². The number of hydrogen-bond donors (Lipinski definition) is 0. The molecule has 3 heterocycles. The standard InChI is InChI=1S/C14H17N5/c1-11-4-6-17-13(18-11)14(2)5-3-9-19(14)12-10-15-7-8-16-12/h4,6-8,10H,3,5,9H2,1-2H3/t14-/m1/s1. The first kappa shape index (κ1) is 12.0. The lowest BCUT2D eigenvalue weighted by molar-refractivity contribution is 0.456. The van der Waals surface area contributed by atoms with Gasteiger partial charge >= 0.3 is 0 Å². The Hall–Kier alpha value is -2.04. The second kappa shape index (κ2) is 4.57. The molecule has 0 spiro atoms. The summed E-state index contributed by atoms with van der Waals surface area (Å²) in [7, 11) is 0. The number of hydrogen-bond acceptors (Lipinski definition) is 5. The molecule has 1 atom stereocenters. The maximum atomic E-state index is 4.60. The summed E-state index contributed by atoms with van der Waals surface area (Å²) in [5.41, 5.74) is 0.805. The van der Waals surface area contributed by atoms with Crippen molar-refractivity contribution >= 4 is 5.82 Å². The van der Waals surface area contributed by atoms with Crippen LogP contribution in [-0.4, -0.2) is 26.5 Å². The zero-order valence-corrected chi connectivity index (χ0v) is 11.2. The Morgan fingerprint density at radius 3 is 2.84 bits per heavy atom. The third-order valence-corrected chi connectivity index (χ3v) is 3.74. The van der Waals surface area contributed by atoms with E-state index in [1.807, 2.05) is 19.2 Å². The van der Waals surface area contributed by atoms with Crippen LogP contribution in [0.1, 0.15) is 31.3 Å². The first-order valence-electron chi connectivity index (χ1n) is 6.54. The van der Waals surface area contributed by atoms with E-state index in [1.54, 1.807) is 18.6 Å². The van der Waals surface area contributed by atoms with E-state index in [9.17, 15) is 0 Å². The molecule has 1 saturated heterocycles. The molecule has 0 bridgehead atoms. The van der Waals surface area contributed by atoms with E-state index < -0.39 is 0 Å². The van der Waals surface area contributed by atoms with Gasteiger partial charge in [0.05, 0.1) is 11.7 Å². The van der Waals surface area contributed by atoms with Gasteiger partial charge in [0.15, 0.2) is 5.82 Å². The first-order chi connectivity index (χ1) is 9.20. The highest BCUT2D eigenvalue weighted by atomic mass is 15.3. The fraction of sp³-hybridized carbons (Fsp3) is 0.429. The van der Waals surface area contributed by atoms with Gasteiger partial charge in [-0.15, -0.1) is 0 Å². The van der Waals surface area contributed by atoms with Gasteiger partial charge in [-0.25, -0.2) is 15.0 Å². The largest absolute Gasteiger partial charge is 0.343 e. The molecule has 3 rings (SSSR count). The van der Waals surface area contributed by atoms with Crippen LogP contribution in [0.2, 0.25) is 0 Å². The van der Waals surface area contributed by atoms with Gasteiger partial charge in [-0.3, -0.25) is 4.98 Å². The zero-order chi connectivity index (χ0) is 13.3. The fourth-order valence-corrected chi connectivity index (χ4v) is 2.70. The van der Waals surface area contributed by atoms with Gasteiger partial charge in [0.1, 0.15) is 5.82 Å². The van der Waals surface area contributed by atoms with E-state index in [0.29, 0.717) is 0 Å². The SMILES string of the molecule is Cc1ccnc([C@@]2(C)CCCN2c2cnccn2)n1. The van der Waals surface area contributed by atoms with Gasteiger partial charge in [-0.1, -0.05) is 0 Å². The van der Waals surface area contributed by atoms with Crippen molar-refractivity contribution < 1.29 is 0 Å². The topological polar surface area (TPSA) is 54.8 Å². The minimum atomic E-state index is -0.192. The molecule has 2 aromatic rings. The molecule has 0 amide bonds. The average Bonchev–Trinajstić information content (AvgIpc) is 2.83. The molecule has 98 valence electrons. The first-order valence-corrected chi connectivity index (χ1v) is 6.54. The Kier molecular flexibility index (Phi) is 2.89. The molecular weight excluding hydrogens is 238 g/mol. The molecule has 2 aromatic heterocycles. The average molecular weight is 255 g/mol. The number of aryl methyl sites for hydroxylation is 1. The molecule has 19 heavy (non-hydrogen) atoms. The van der Waals surface area contributed by atoms with Crippen LogP contribution in [-0.2, 0) is 5.54 Å². The number of anilines is 1. The van der Waals surface area contributed by atoms with Crippen molar-refractivity contribution in [1.82, 2.24) is 19.9 Å². The van der Waals surface area contributed by atoms with Crippen molar-refractivity contribution in [2.75, 3.05) is 11.4 Å². The maximum absolute atomic E-state index is 4.60. The molecular formula is C14H17N5. The van der Waals surface area contributed by atoms with Gasteiger partial charge < -0.3 is 4.90 Å². The summed E-state index contributed by atoms with van der Waals surface area (Å²) in [6.45, 7) is 5.14. The van der Waals surface area contributed by atoms with Crippen molar-refractivity contribution in [2.45, 2.75) is 32.2 Å². The summed E-state index contributed by atoms with van der Waals surface area (Å²) in [4.78, 5) is 19.9. The predicted molar refractivity (Wildman–Crippen MR) is 72.7 cm³/mol. The van der Waals surface area contributed by atoms with Gasteiger partial charge in [-0.2, -0.15) is 0 Å². The molecule has 1 aliphatic rings. The van der Waals surface area contributed by atoms with Crippen LogP contribution in [0.3, 0.4) is 0 Å². The van der Waals surface area contributed by atoms with Crippen molar-refractivity contribution in [3.8, 4) is 0 Å².